The largest absolute Gasteiger partial charge is 0.394 e. The normalized spacial score (nSPS) is 26.2. The van der Waals surface area contributed by atoms with Crippen LogP contribution in [0.5, 0.6) is 0 Å². The van der Waals surface area contributed by atoms with E-state index in [0.717, 1.165) is 0 Å². The van der Waals surface area contributed by atoms with Crippen LogP contribution in [0.15, 0.2) is 11.0 Å². The first-order valence-corrected chi connectivity index (χ1v) is 8.69. The molecule has 0 amide bonds. The summed E-state index contributed by atoms with van der Waals surface area (Å²) < 4.78 is 11.6. The van der Waals surface area contributed by atoms with E-state index in [9.17, 15) is 19.7 Å². The van der Waals surface area contributed by atoms with Crippen LogP contribution in [-0.4, -0.2) is 43.3 Å². The van der Waals surface area contributed by atoms with E-state index in [-0.39, 0.29) is 12.2 Å². The summed E-state index contributed by atoms with van der Waals surface area (Å²) >= 11 is 4.41. The minimum Gasteiger partial charge on any atom is -0.394 e. The molecule has 1 aromatic rings. The van der Waals surface area contributed by atoms with E-state index in [1.54, 1.807) is 6.92 Å². The van der Waals surface area contributed by atoms with E-state index in [0.29, 0.717) is 5.56 Å². The average molecular weight is 337 g/mol. The fourth-order valence-electron chi connectivity index (χ4n) is 2.11. The second kappa shape index (κ2) is 6.09. The van der Waals surface area contributed by atoms with Crippen LogP contribution < -0.4 is 11.4 Å². The molecular formula is C10H16N3O6PS. The molecular weight excluding hydrogens is 321 g/mol. The van der Waals surface area contributed by atoms with Gasteiger partial charge in [-0.15, -0.1) is 0 Å². The molecule has 21 heavy (non-hydrogen) atoms. The Labute approximate surface area is 125 Å². The number of nitrogens with two attached hydrogens (primary N) is 1. The van der Waals surface area contributed by atoms with Crippen molar-refractivity contribution in [3.05, 3.63) is 22.2 Å². The Balaban J connectivity index is 2.25. The van der Waals surface area contributed by atoms with Crippen LogP contribution in [0.4, 0.5) is 5.82 Å². The fourth-order valence-corrected chi connectivity index (χ4v) is 3.01. The lowest BCUT2D eigenvalue weighted by molar-refractivity contribution is -0.0434. The quantitative estimate of drug-likeness (QED) is 0.510. The number of aryl methyl sites for hydroxylation is 1. The summed E-state index contributed by atoms with van der Waals surface area (Å²) in [6, 6.07) is 0. The molecule has 3 atom stereocenters. The number of hydrogen-bond donors (Lipinski definition) is 4. The summed E-state index contributed by atoms with van der Waals surface area (Å²) in [5, 5.41) is 9.25. The van der Waals surface area contributed by atoms with Crippen molar-refractivity contribution in [2.24, 2.45) is 0 Å². The Kier molecular flexibility index (Phi) is 4.79. The number of aromatic nitrogens is 2. The topological polar surface area (TPSA) is 140 Å². The minimum atomic E-state index is -3.89. The van der Waals surface area contributed by atoms with Crippen LogP contribution in [0.1, 0.15) is 18.2 Å². The molecule has 2 rings (SSSR count). The summed E-state index contributed by atoms with van der Waals surface area (Å²) in [7, 11) is 0. The Morgan fingerprint density at radius 3 is 2.90 bits per heavy atom. The maximum absolute atomic E-state index is 11.8. The van der Waals surface area contributed by atoms with Crippen molar-refractivity contribution in [2.75, 3.05) is 12.3 Å². The fraction of sp³-hybridized carbons (Fsp3) is 0.600. The van der Waals surface area contributed by atoms with Gasteiger partial charge in [-0.25, -0.2) is 4.79 Å². The van der Waals surface area contributed by atoms with Gasteiger partial charge in [-0.1, -0.05) is 0 Å². The molecule has 0 spiro atoms. The predicted octanol–water partition coefficient (Wildman–Crippen LogP) is -0.992. The van der Waals surface area contributed by atoms with Crippen molar-refractivity contribution < 1.29 is 24.2 Å². The van der Waals surface area contributed by atoms with E-state index in [2.05, 4.69) is 16.8 Å². The highest BCUT2D eigenvalue weighted by molar-refractivity contribution is 8.06. The Bertz CT molecular complexity index is 632. The molecule has 0 radical (unpaired) electrons. The monoisotopic (exact) mass is 337 g/mol. The van der Waals surface area contributed by atoms with Crippen molar-refractivity contribution in [1.82, 2.24) is 9.55 Å². The molecule has 2 heterocycles. The minimum absolute atomic E-state index is 0.121. The van der Waals surface area contributed by atoms with Gasteiger partial charge in [-0.2, -0.15) is 4.98 Å². The van der Waals surface area contributed by atoms with Crippen LogP contribution in [-0.2, 0) is 21.1 Å². The van der Waals surface area contributed by atoms with Gasteiger partial charge in [0, 0.05) is 18.2 Å². The van der Waals surface area contributed by atoms with Crippen LogP contribution >= 0.6 is 6.72 Å². The maximum Gasteiger partial charge on any atom is 0.351 e. The van der Waals surface area contributed by atoms with Gasteiger partial charge in [0.05, 0.1) is 12.7 Å². The van der Waals surface area contributed by atoms with Gasteiger partial charge in [0.15, 0.2) is 0 Å². The number of aliphatic hydroxyl groups is 1. The zero-order chi connectivity index (χ0) is 15.8. The first-order chi connectivity index (χ1) is 9.71. The summed E-state index contributed by atoms with van der Waals surface area (Å²) in [6.07, 6.45) is -0.796. The van der Waals surface area contributed by atoms with Gasteiger partial charge in [0.1, 0.15) is 18.1 Å². The summed E-state index contributed by atoms with van der Waals surface area (Å²) in [4.78, 5) is 33.9. The lowest BCUT2D eigenvalue weighted by Gasteiger charge is -2.18. The number of nitrogen functional groups attached to an aromatic ring is 1. The highest BCUT2D eigenvalue weighted by atomic mass is 32.5. The van der Waals surface area contributed by atoms with E-state index in [1.807, 2.05) is 0 Å². The first-order valence-electron chi connectivity index (χ1n) is 6.07. The van der Waals surface area contributed by atoms with Crippen molar-refractivity contribution in [2.45, 2.75) is 31.8 Å². The highest BCUT2D eigenvalue weighted by Gasteiger charge is 2.39. The Morgan fingerprint density at radius 1 is 1.67 bits per heavy atom. The van der Waals surface area contributed by atoms with Crippen molar-refractivity contribution >= 4 is 24.3 Å². The summed E-state index contributed by atoms with van der Waals surface area (Å²) in [6.45, 7) is -2.62. The van der Waals surface area contributed by atoms with E-state index in [1.165, 1.54) is 10.8 Å². The Morgan fingerprint density at radius 2 is 2.33 bits per heavy atom. The van der Waals surface area contributed by atoms with Gasteiger partial charge < -0.3 is 29.9 Å². The second-order valence-electron chi connectivity index (χ2n) is 4.68. The van der Waals surface area contributed by atoms with Crippen molar-refractivity contribution in [1.29, 1.82) is 0 Å². The molecule has 118 valence electrons. The van der Waals surface area contributed by atoms with Gasteiger partial charge in [-0.05, 0) is 18.7 Å². The summed E-state index contributed by atoms with van der Waals surface area (Å²) in [5.74, 6) is 0.127. The molecule has 9 nitrogen and oxygen atoms in total. The molecule has 1 saturated heterocycles. The van der Waals surface area contributed by atoms with Gasteiger partial charge in [0.2, 0.25) is 0 Å². The number of ether oxygens (including phenoxy) is 1. The Hall–Kier alpha value is -0.870. The molecule has 0 bridgehead atoms. The third-order valence-electron chi connectivity index (χ3n) is 3.12. The highest BCUT2D eigenvalue weighted by Crippen LogP contribution is 2.43. The molecule has 5 N–H and O–H groups in total. The van der Waals surface area contributed by atoms with Crippen LogP contribution in [0.2, 0.25) is 0 Å². The van der Waals surface area contributed by atoms with Gasteiger partial charge in [-0.3, -0.25) is 4.57 Å². The van der Waals surface area contributed by atoms with E-state index < -0.39 is 37.5 Å². The van der Waals surface area contributed by atoms with Gasteiger partial charge in [0.25, 0.3) is 0 Å². The molecule has 1 aliphatic heterocycles. The third-order valence-corrected chi connectivity index (χ3v) is 3.92. The average Bonchev–Trinajstić information content (AvgIpc) is 2.74. The zero-order valence-corrected chi connectivity index (χ0v) is 12.8. The number of aliphatic hydroxyl groups excluding tert-OH is 1. The van der Waals surface area contributed by atoms with E-state index >= 15 is 0 Å². The van der Waals surface area contributed by atoms with Crippen LogP contribution in [0.3, 0.4) is 0 Å². The number of rotatable bonds is 4. The molecule has 0 saturated carbocycles. The molecule has 11 heteroatoms. The van der Waals surface area contributed by atoms with E-state index in [4.69, 9.17) is 15.0 Å². The van der Waals surface area contributed by atoms with Crippen molar-refractivity contribution in [3.8, 4) is 0 Å². The third kappa shape index (κ3) is 3.86. The standard InChI is InChI=1S/C10H16N3O6PS/c1-5-3-13(10(15)12-9(5)11)8-2-6(7(4-14)18-8)19-20(16,17)21/h3,6-8,14H,2,4H2,1H3,(H2,11,12,15)(H2,16,17,21)/t6?,7-,8-/m1/s1. The lowest BCUT2D eigenvalue weighted by atomic mass is 10.2. The smallest absolute Gasteiger partial charge is 0.351 e. The lowest BCUT2D eigenvalue weighted by Crippen LogP contribution is -2.28. The van der Waals surface area contributed by atoms with Crippen LogP contribution in [0.25, 0.3) is 0 Å². The molecule has 1 unspecified atom stereocenters. The molecule has 0 aliphatic carbocycles. The first kappa shape index (κ1) is 16.5. The molecule has 1 aromatic heterocycles. The number of hydrogen-bond acceptors (Lipinski definition) is 7. The number of anilines is 1. The summed E-state index contributed by atoms with van der Waals surface area (Å²) in [5.41, 5.74) is 5.54. The SMILES string of the molecule is Cc1cn([C@H]2CC(OP(O)(O)=S)[C@@H](CO)O2)c(=O)nc1N. The number of nitrogens with zero attached hydrogens (tertiary/aromatic N) is 2. The van der Waals surface area contributed by atoms with Crippen molar-refractivity contribution in [3.63, 3.8) is 0 Å². The molecule has 1 fully saturated rings. The van der Waals surface area contributed by atoms with Gasteiger partial charge >= 0.3 is 12.4 Å². The maximum atomic E-state index is 11.8. The zero-order valence-electron chi connectivity index (χ0n) is 11.1. The predicted molar refractivity (Wildman–Crippen MR) is 76.9 cm³/mol. The molecule has 1 aliphatic rings. The van der Waals surface area contributed by atoms with Crippen LogP contribution in [0, 0.1) is 6.92 Å². The second-order valence-corrected chi connectivity index (χ2v) is 7.30. The molecule has 0 aromatic carbocycles.